The Hall–Kier alpha value is -3.45. The molecule has 0 fully saturated rings. The maximum absolute atomic E-state index is 13.2. The van der Waals surface area contributed by atoms with E-state index in [9.17, 15) is 9.59 Å². The minimum absolute atomic E-state index is 0.00661. The number of benzene rings is 2. The average molecular weight is 476 g/mol. The maximum atomic E-state index is 13.2. The van der Waals surface area contributed by atoms with Gasteiger partial charge >= 0.3 is 0 Å². The van der Waals surface area contributed by atoms with Crippen LogP contribution in [0.15, 0.2) is 53.0 Å². The molecular weight excluding hydrogens is 438 g/mol. The van der Waals surface area contributed by atoms with Gasteiger partial charge < -0.3 is 21.7 Å². The molecule has 5 N–H and O–H groups in total. The lowest BCUT2D eigenvalue weighted by molar-refractivity contribution is -0.127. The molecule has 3 rings (SSSR count). The molecule has 1 heterocycles. The van der Waals surface area contributed by atoms with E-state index < -0.39 is 0 Å². The van der Waals surface area contributed by atoms with Crippen LogP contribution >= 0.6 is 0 Å². The molecule has 0 saturated heterocycles. The molecule has 0 radical (unpaired) electrons. The number of fused-ring (bicyclic) bond motifs is 1. The molecule has 0 aromatic heterocycles. The van der Waals surface area contributed by atoms with E-state index in [1.807, 2.05) is 35.2 Å². The van der Waals surface area contributed by atoms with Gasteiger partial charge in [-0.15, -0.1) is 0 Å². The monoisotopic (exact) mass is 475 g/mol. The Labute approximate surface area is 208 Å². The third-order valence-corrected chi connectivity index (χ3v) is 5.91. The van der Waals surface area contributed by atoms with Gasteiger partial charge in [-0.2, -0.15) is 0 Å². The number of aliphatic imine (C=N–C) groups is 1. The smallest absolute Gasteiger partial charge is 0.255 e. The topological polar surface area (TPSA) is 114 Å². The van der Waals surface area contributed by atoms with Gasteiger partial charge in [0, 0.05) is 41.9 Å². The third-order valence-electron chi connectivity index (χ3n) is 5.91. The van der Waals surface area contributed by atoms with Crippen LogP contribution in [0.4, 0.5) is 11.4 Å². The summed E-state index contributed by atoms with van der Waals surface area (Å²) in [6.07, 6.45) is 6.86. The number of rotatable bonds is 11. The predicted octanol–water partition coefficient (Wildman–Crippen LogP) is 4.64. The molecule has 1 aliphatic rings. The van der Waals surface area contributed by atoms with Gasteiger partial charge in [0.25, 0.3) is 5.91 Å². The van der Waals surface area contributed by atoms with Crippen molar-refractivity contribution in [1.82, 2.24) is 4.90 Å². The summed E-state index contributed by atoms with van der Waals surface area (Å²) in [5, 5.41) is 2.97. The molecule has 2 aromatic rings. The molecule has 0 spiro atoms. The van der Waals surface area contributed by atoms with Crippen molar-refractivity contribution >= 4 is 35.1 Å². The summed E-state index contributed by atoms with van der Waals surface area (Å²) < 4.78 is 0. The second-order valence-corrected chi connectivity index (χ2v) is 8.92. The van der Waals surface area contributed by atoms with Gasteiger partial charge in [-0.1, -0.05) is 32.0 Å². The van der Waals surface area contributed by atoms with Crippen LogP contribution in [0, 0.1) is 0 Å². The third kappa shape index (κ3) is 7.26. The molecule has 0 bridgehead atoms. The summed E-state index contributed by atoms with van der Waals surface area (Å²) in [7, 11) is 0. The number of nitrogens with one attached hydrogen (secondary N) is 1. The summed E-state index contributed by atoms with van der Waals surface area (Å²) in [5.41, 5.74) is 16.1. The molecule has 2 aromatic carbocycles. The van der Waals surface area contributed by atoms with Gasteiger partial charge in [-0.3, -0.25) is 9.59 Å². The van der Waals surface area contributed by atoms with Crippen molar-refractivity contribution in [3.63, 3.8) is 0 Å². The number of amides is 2. The van der Waals surface area contributed by atoms with Crippen molar-refractivity contribution < 1.29 is 9.59 Å². The summed E-state index contributed by atoms with van der Waals surface area (Å²) >= 11 is 0. The Morgan fingerprint density at radius 1 is 1.06 bits per heavy atom. The molecule has 0 unspecified atom stereocenters. The molecule has 7 nitrogen and oxygen atoms in total. The van der Waals surface area contributed by atoms with Crippen molar-refractivity contribution in [3.8, 4) is 0 Å². The lowest BCUT2D eigenvalue weighted by Gasteiger charge is -2.22. The largest absolute Gasteiger partial charge is 0.387 e. The Morgan fingerprint density at radius 3 is 2.54 bits per heavy atom. The van der Waals surface area contributed by atoms with Gasteiger partial charge in [-0.05, 0) is 74.6 Å². The number of unbranched alkanes of at least 4 members (excludes halogenated alkanes) is 1. The summed E-state index contributed by atoms with van der Waals surface area (Å²) in [4.78, 5) is 32.5. The number of nitrogens with zero attached hydrogens (tertiary/aromatic N) is 2. The van der Waals surface area contributed by atoms with Crippen molar-refractivity contribution in [2.45, 2.75) is 52.4 Å². The highest BCUT2D eigenvalue weighted by Gasteiger charge is 2.21. The van der Waals surface area contributed by atoms with Gasteiger partial charge in [0.15, 0.2) is 0 Å². The number of anilines is 1. The number of nitrogens with two attached hydrogens (primary N) is 2. The molecule has 186 valence electrons. The van der Waals surface area contributed by atoms with E-state index in [-0.39, 0.29) is 18.2 Å². The van der Waals surface area contributed by atoms with Gasteiger partial charge in [0.1, 0.15) is 5.84 Å². The molecule has 0 saturated carbocycles. The normalized spacial score (nSPS) is 12.8. The van der Waals surface area contributed by atoms with Crippen molar-refractivity contribution in [1.29, 1.82) is 0 Å². The predicted molar refractivity (Wildman–Crippen MR) is 144 cm³/mol. The van der Waals surface area contributed by atoms with Gasteiger partial charge in [0.05, 0.1) is 5.69 Å². The van der Waals surface area contributed by atoms with Crippen molar-refractivity contribution in [3.05, 3.63) is 64.7 Å². The standard InChI is InChI=1S/C28H37N5O2/c1-3-14-33(15-4-2)28(35)23-17-21-11-12-22(18-25(21)32-26(30)19-23)27(34)31-24-10-7-9-20(16-24)8-5-6-13-29/h7,9-12,16-18H,3-6,8,13-15,19,29H2,1-2H3,(H2,30,32)(H,31,34). The maximum Gasteiger partial charge on any atom is 0.255 e. The number of hydrogen-bond donors (Lipinski definition) is 3. The fourth-order valence-corrected chi connectivity index (χ4v) is 4.21. The van der Waals surface area contributed by atoms with Crippen LogP contribution in [0.2, 0.25) is 0 Å². The first-order valence-electron chi connectivity index (χ1n) is 12.5. The number of aryl methyl sites for hydroxylation is 1. The van der Waals surface area contributed by atoms with E-state index >= 15 is 0 Å². The van der Waals surface area contributed by atoms with Crippen LogP contribution < -0.4 is 16.8 Å². The number of hydrogen-bond acceptors (Lipinski definition) is 5. The lowest BCUT2D eigenvalue weighted by Crippen LogP contribution is -2.34. The molecular formula is C28H37N5O2. The Morgan fingerprint density at radius 2 is 1.83 bits per heavy atom. The first-order valence-corrected chi connectivity index (χ1v) is 12.5. The molecule has 35 heavy (non-hydrogen) atoms. The van der Waals surface area contributed by atoms with Crippen LogP contribution in [-0.2, 0) is 11.2 Å². The molecule has 0 aliphatic carbocycles. The van der Waals surface area contributed by atoms with Crippen LogP contribution in [0.1, 0.15) is 67.4 Å². The van der Waals surface area contributed by atoms with Crippen LogP contribution in [0.3, 0.4) is 0 Å². The number of carbonyl (C=O) groups excluding carboxylic acids is 2. The fourth-order valence-electron chi connectivity index (χ4n) is 4.21. The Kier molecular flexibility index (Phi) is 9.61. The molecule has 7 heteroatoms. The van der Waals surface area contributed by atoms with Crippen LogP contribution in [-0.4, -0.2) is 42.2 Å². The zero-order valence-electron chi connectivity index (χ0n) is 20.8. The minimum atomic E-state index is -0.220. The second-order valence-electron chi connectivity index (χ2n) is 8.92. The van der Waals surface area contributed by atoms with Gasteiger partial charge in [-0.25, -0.2) is 4.99 Å². The second kappa shape index (κ2) is 12.9. The minimum Gasteiger partial charge on any atom is -0.387 e. The lowest BCUT2D eigenvalue weighted by atomic mass is 10.0. The van der Waals surface area contributed by atoms with Crippen LogP contribution in [0.25, 0.3) is 6.08 Å². The van der Waals surface area contributed by atoms with E-state index in [4.69, 9.17) is 11.5 Å². The summed E-state index contributed by atoms with van der Waals surface area (Å²) in [6.45, 7) is 6.23. The summed E-state index contributed by atoms with van der Waals surface area (Å²) in [5.74, 6) is 0.133. The number of carbonyl (C=O) groups is 2. The highest BCUT2D eigenvalue weighted by molar-refractivity contribution is 6.07. The highest BCUT2D eigenvalue weighted by atomic mass is 16.2. The highest BCUT2D eigenvalue weighted by Crippen LogP contribution is 2.29. The van der Waals surface area contributed by atoms with E-state index in [0.29, 0.717) is 42.3 Å². The molecule has 0 atom stereocenters. The van der Waals surface area contributed by atoms with E-state index in [1.165, 1.54) is 0 Å². The Bertz CT molecular complexity index is 1100. The van der Waals surface area contributed by atoms with E-state index in [2.05, 4.69) is 30.2 Å². The molecule has 2 amide bonds. The molecule has 1 aliphatic heterocycles. The van der Waals surface area contributed by atoms with Crippen molar-refractivity contribution in [2.24, 2.45) is 16.5 Å². The van der Waals surface area contributed by atoms with Gasteiger partial charge in [0.2, 0.25) is 5.91 Å². The zero-order valence-corrected chi connectivity index (χ0v) is 20.8. The first kappa shape index (κ1) is 26.2. The van der Waals surface area contributed by atoms with E-state index in [1.54, 1.807) is 12.1 Å². The Balaban J connectivity index is 1.79. The average Bonchev–Trinajstić information content (AvgIpc) is 3.01. The van der Waals surface area contributed by atoms with Crippen LogP contribution in [0.5, 0.6) is 0 Å². The zero-order chi connectivity index (χ0) is 25.2. The van der Waals surface area contributed by atoms with Crippen molar-refractivity contribution in [2.75, 3.05) is 25.0 Å². The number of amidine groups is 1. The fraction of sp³-hybridized carbons (Fsp3) is 0.393. The van der Waals surface area contributed by atoms with E-state index in [0.717, 1.165) is 48.9 Å². The SMILES string of the molecule is CCCN(CCC)C(=O)C1=Cc2ccc(C(=O)Nc3cccc(CCCCN)c3)cc2N=C(N)C1. The first-order chi connectivity index (χ1) is 16.9. The summed E-state index contributed by atoms with van der Waals surface area (Å²) in [6, 6.07) is 13.2. The quantitative estimate of drug-likeness (QED) is 0.411.